The molecule has 30 heavy (non-hydrogen) atoms. The van der Waals surface area contributed by atoms with Crippen LogP contribution in [0, 0.1) is 10.1 Å². The Bertz CT molecular complexity index is 1040. The number of carbonyl (C=O) groups excluding carboxylic acids is 1. The van der Waals surface area contributed by atoms with Crippen molar-refractivity contribution in [3.8, 4) is 0 Å². The molecule has 1 N–H and O–H groups in total. The third-order valence-electron chi connectivity index (χ3n) is 4.44. The molecule has 2 aromatic carbocycles. The number of nitrogens with zero attached hydrogens (tertiary/aromatic N) is 4. The van der Waals surface area contributed by atoms with Crippen molar-refractivity contribution in [2.75, 3.05) is 36.5 Å². The monoisotopic (exact) mass is 443 g/mol. The van der Waals surface area contributed by atoms with Crippen LogP contribution in [0.4, 0.5) is 17.1 Å². The molecule has 0 bridgehead atoms. The molecule has 0 spiro atoms. The van der Waals surface area contributed by atoms with E-state index >= 15 is 0 Å². The third-order valence-corrected chi connectivity index (χ3v) is 6.23. The van der Waals surface area contributed by atoms with Crippen LogP contribution in [0.5, 0.6) is 0 Å². The minimum atomic E-state index is -0.457. The van der Waals surface area contributed by atoms with E-state index in [1.807, 2.05) is 17.0 Å². The molecule has 11 heteroatoms. The Morgan fingerprint density at radius 3 is 2.63 bits per heavy atom. The second kappa shape index (κ2) is 9.20. The lowest BCUT2D eigenvalue weighted by atomic mass is 10.1. The molecule has 1 saturated heterocycles. The highest BCUT2D eigenvalue weighted by Gasteiger charge is 2.27. The maximum atomic E-state index is 13.0. The summed E-state index contributed by atoms with van der Waals surface area (Å²) in [5, 5.41) is 22.2. The minimum absolute atomic E-state index is 0.0895. The highest BCUT2D eigenvalue weighted by molar-refractivity contribution is 8.01. The maximum Gasteiger partial charge on any atom is 0.293 e. The average Bonchev–Trinajstić information content (AvgIpc) is 3.28. The van der Waals surface area contributed by atoms with Gasteiger partial charge in [0.25, 0.3) is 11.6 Å². The summed E-state index contributed by atoms with van der Waals surface area (Å²) in [4.78, 5) is 26.9. The molecule has 0 aliphatic carbocycles. The van der Waals surface area contributed by atoms with Gasteiger partial charge in [0.1, 0.15) is 11.2 Å². The van der Waals surface area contributed by atoms with E-state index in [0.29, 0.717) is 37.7 Å². The molecule has 1 fully saturated rings. The van der Waals surface area contributed by atoms with Crippen LogP contribution >= 0.6 is 23.1 Å². The number of carbonyl (C=O) groups is 1. The number of hydrogen-bond donors (Lipinski definition) is 1. The van der Waals surface area contributed by atoms with Crippen molar-refractivity contribution in [3.05, 3.63) is 63.7 Å². The zero-order chi connectivity index (χ0) is 20.9. The fourth-order valence-electron chi connectivity index (χ4n) is 3.09. The molecular weight excluding hydrogens is 426 g/mol. The van der Waals surface area contributed by atoms with Crippen LogP contribution in [0.2, 0.25) is 0 Å². The largest absolute Gasteiger partial charge is 0.378 e. The predicted molar refractivity (Wildman–Crippen MR) is 115 cm³/mol. The topological polar surface area (TPSA) is 110 Å². The third kappa shape index (κ3) is 4.58. The number of nitrogens with one attached hydrogen (secondary N) is 1. The quantitative estimate of drug-likeness (QED) is 0.454. The van der Waals surface area contributed by atoms with Crippen LogP contribution in [0.3, 0.4) is 0 Å². The smallest absolute Gasteiger partial charge is 0.293 e. The number of aromatic nitrogens is 2. The van der Waals surface area contributed by atoms with Gasteiger partial charge in [-0.3, -0.25) is 14.9 Å². The van der Waals surface area contributed by atoms with Gasteiger partial charge in [0.15, 0.2) is 4.34 Å². The lowest BCUT2D eigenvalue weighted by Crippen LogP contribution is -2.37. The van der Waals surface area contributed by atoms with Crippen molar-refractivity contribution in [2.45, 2.75) is 9.24 Å². The Balaban J connectivity index is 1.55. The lowest BCUT2D eigenvalue weighted by Gasteiger charge is -2.29. The summed E-state index contributed by atoms with van der Waals surface area (Å²) in [6, 6.07) is 11.9. The first kappa shape index (κ1) is 20.3. The summed E-state index contributed by atoms with van der Waals surface area (Å²) in [5.74, 6) is -0.398. The molecule has 1 aliphatic rings. The Hall–Kier alpha value is -3.02. The van der Waals surface area contributed by atoms with Crippen molar-refractivity contribution in [1.29, 1.82) is 0 Å². The van der Waals surface area contributed by atoms with Crippen molar-refractivity contribution in [3.63, 3.8) is 0 Å². The first-order valence-electron chi connectivity index (χ1n) is 9.07. The van der Waals surface area contributed by atoms with Gasteiger partial charge < -0.3 is 15.0 Å². The number of amides is 1. The number of morpholine rings is 1. The van der Waals surface area contributed by atoms with Gasteiger partial charge in [-0.15, -0.1) is 10.2 Å². The first-order chi connectivity index (χ1) is 14.6. The molecule has 1 aromatic heterocycles. The van der Waals surface area contributed by atoms with Crippen LogP contribution in [0.25, 0.3) is 0 Å². The van der Waals surface area contributed by atoms with Crippen LogP contribution in [-0.2, 0) is 4.74 Å². The summed E-state index contributed by atoms with van der Waals surface area (Å²) in [6.07, 6.45) is 0. The van der Waals surface area contributed by atoms with E-state index < -0.39 is 10.8 Å². The van der Waals surface area contributed by atoms with Crippen LogP contribution in [0.15, 0.2) is 57.2 Å². The van der Waals surface area contributed by atoms with Gasteiger partial charge in [-0.1, -0.05) is 29.2 Å². The average molecular weight is 444 g/mol. The van der Waals surface area contributed by atoms with Crippen molar-refractivity contribution in [1.82, 2.24) is 10.2 Å². The predicted octanol–water partition coefficient (Wildman–Crippen LogP) is 3.69. The van der Waals surface area contributed by atoms with E-state index in [-0.39, 0.29) is 11.3 Å². The zero-order valence-electron chi connectivity index (χ0n) is 15.7. The van der Waals surface area contributed by atoms with Gasteiger partial charge in [-0.2, -0.15) is 0 Å². The number of hydrogen-bond acceptors (Lipinski definition) is 9. The van der Waals surface area contributed by atoms with E-state index in [0.717, 1.165) is 9.24 Å². The van der Waals surface area contributed by atoms with Crippen molar-refractivity contribution >= 4 is 46.1 Å². The SMILES string of the molecule is O=C(Nc1ccc(Sc2nncs2)cc1)c1cccc([N+](=O)[O-])c1N1CCOCC1. The lowest BCUT2D eigenvalue weighted by molar-refractivity contribution is -0.384. The molecule has 0 saturated carbocycles. The Kier molecular flexibility index (Phi) is 6.21. The van der Waals surface area contributed by atoms with Crippen molar-refractivity contribution in [2.24, 2.45) is 0 Å². The molecule has 9 nitrogen and oxygen atoms in total. The minimum Gasteiger partial charge on any atom is -0.378 e. The van der Waals surface area contributed by atoms with E-state index in [4.69, 9.17) is 4.74 Å². The molecular formula is C19H17N5O4S2. The summed E-state index contributed by atoms with van der Waals surface area (Å²) in [6.45, 7) is 1.90. The van der Waals surface area contributed by atoms with E-state index in [2.05, 4.69) is 15.5 Å². The van der Waals surface area contributed by atoms with Gasteiger partial charge in [0.2, 0.25) is 0 Å². The number of anilines is 2. The standard InChI is InChI=1S/C19H17N5O4S2/c25-18(21-13-4-6-14(7-5-13)30-19-22-20-12-29-19)15-2-1-3-16(24(26)27)17(15)23-8-10-28-11-9-23/h1-7,12H,8-11H2,(H,21,25). The number of benzene rings is 2. The second-order valence-corrected chi connectivity index (χ2v) is 8.47. The number of ether oxygens (including phenoxy) is 1. The molecule has 2 heterocycles. The Morgan fingerprint density at radius 1 is 1.20 bits per heavy atom. The summed E-state index contributed by atoms with van der Waals surface area (Å²) < 4.78 is 6.18. The molecule has 1 amide bonds. The van der Waals surface area contributed by atoms with Crippen LogP contribution in [-0.4, -0.2) is 47.3 Å². The highest BCUT2D eigenvalue weighted by Crippen LogP contribution is 2.34. The van der Waals surface area contributed by atoms with Gasteiger partial charge >= 0.3 is 0 Å². The number of nitro benzene ring substituents is 1. The van der Waals surface area contributed by atoms with Gasteiger partial charge in [-0.25, -0.2) is 0 Å². The van der Waals surface area contributed by atoms with Crippen LogP contribution in [0.1, 0.15) is 10.4 Å². The normalized spacial score (nSPS) is 13.8. The fraction of sp³-hybridized carbons (Fsp3) is 0.211. The zero-order valence-corrected chi connectivity index (χ0v) is 17.3. The maximum absolute atomic E-state index is 13.0. The molecule has 0 unspecified atom stereocenters. The number of nitro groups is 1. The van der Waals surface area contributed by atoms with Gasteiger partial charge in [-0.05, 0) is 30.3 Å². The molecule has 0 atom stereocenters. The first-order valence-corrected chi connectivity index (χ1v) is 10.8. The second-order valence-electron chi connectivity index (χ2n) is 6.32. The van der Waals surface area contributed by atoms with Crippen LogP contribution < -0.4 is 10.2 Å². The number of rotatable bonds is 6. The molecule has 154 valence electrons. The summed E-state index contributed by atoms with van der Waals surface area (Å²) in [5.41, 5.74) is 2.77. The van der Waals surface area contributed by atoms with E-state index in [9.17, 15) is 14.9 Å². The summed E-state index contributed by atoms with van der Waals surface area (Å²) >= 11 is 2.93. The molecule has 1 aliphatic heterocycles. The Labute approximate surface area is 180 Å². The summed E-state index contributed by atoms with van der Waals surface area (Å²) in [7, 11) is 0. The molecule has 4 rings (SSSR count). The van der Waals surface area contributed by atoms with E-state index in [1.54, 1.807) is 23.7 Å². The van der Waals surface area contributed by atoms with E-state index in [1.165, 1.54) is 35.2 Å². The van der Waals surface area contributed by atoms with Crippen molar-refractivity contribution < 1.29 is 14.5 Å². The fourth-order valence-corrected chi connectivity index (χ4v) is 4.54. The Morgan fingerprint density at radius 2 is 1.97 bits per heavy atom. The molecule has 0 radical (unpaired) electrons. The number of para-hydroxylation sites is 1. The molecule has 3 aromatic rings. The van der Waals surface area contributed by atoms with Gasteiger partial charge in [0, 0.05) is 29.7 Å². The highest BCUT2D eigenvalue weighted by atomic mass is 32.2. The van der Waals surface area contributed by atoms with Gasteiger partial charge in [0.05, 0.1) is 23.7 Å².